The molecule has 0 saturated carbocycles. The van der Waals surface area contributed by atoms with Crippen LogP contribution in [0, 0.1) is 5.92 Å². The number of aryl methyl sites for hydroxylation is 2. The van der Waals surface area contributed by atoms with Gasteiger partial charge in [-0.2, -0.15) is 5.10 Å². The number of nitrogens with zero attached hydrogens (tertiary/aromatic N) is 4. The standard InChI is InChI=1S/C16H25N5/c1-5-15-19-16(6-2)21(20-15)14-7-8-18-13(9-14)11-17-10-12(3)4/h7-9,12,17H,5-6,10-11H2,1-4H3. The van der Waals surface area contributed by atoms with E-state index >= 15 is 0 Å². The van der Waals surface area contributed by atoms with Crippen molar-refractivity contribution < 1.29 is 0 Å². The molecule has 0 atom stereocenters. The van der Waals surface area contributed by atoms with Crippen LogP contribution in [0.1, 0.15) is 45.0 Å². The van der Waals surface area contributed by atoms with E-state index in [4.69, 9.17) is 0 Å². The van der Waals surface area contributed by atoms with Crippen molar-refractivity contribution in [3.8, 4) is 5.69 Å². The third-order valence-corrected chi connectivity index (χ3v) is 3.25. The summed E-state index contributed by atoms with van der Waals surface area (Å²) in [5.74, 6) is 2.53. The highest BCUT2D eigenvalue weighted by atomic mass is 15.3. The quantitative estimate of drug-likeness (QED) is 0.850. The summed E-state index contributed by atoms with van der Waals surface area (Å²) in [5, 5.41) is 7.99. The van der Waals surface area contributed by atoms with E-state index in [1.165, 1.54) is 0 Å². The van der Waals surface area contributed by atoms with Crippen LogP contribution in [-0.2, 0) is 19.4 Å². The predicted molar refractivity (Wildman–Crippen MR) is 84.5 cm³/mol. The lowest BCUT2D eigenvalue weighted by Crippen LogP contribution is -2.19. The molecule has 0 aliphatic carbocycles. The third kappa shape index (κ3) is 4.11. The van der Waals surface area contributed by atoms with Gasteiger partial charge in [0.05, 0.1) is 11.4 Å². The Hall–Kier alpha value is -1.75. The average molecular weight is 287 g/mol. The Morgan fingerprint density at radius 1 is 1.24 bits per heavy atom. The van der Waals surface area contributed by atoms with Crippen LogP contribution >= 0.6 is 0 Å². The molecule has 0 bridgehead atoms. The molecular formula is C16H25N5. The molecule has 2 heterocycles. The fourth-order valence-electron chi connectivity index (χ4n) is 2.16. The van der Waals surface area contributed by atoms with Gasteiger partial charge in [-0.3, -0.25) is 4.98 Å². The molecule has 0 unspecified atom stereocenters. The highest BCUT2D eigenvalue weighted by Crippen LogP contribution is 2.12. The molecule has 2 rings (SSSR count). The molecule has 2 aromatic rings. The third-order valence-electron chi connectivity index (χ3n) is 3.25. The lowest BCUT2D eigenvalue weighted by Gasteiger charge is -2.09. The van der Waals surface area contributed by atoms with Crippen LogP contribution in [0.4, 0.5) is 0 Å². The smallest absolute Gasteiger partial charge is 0.151 e. The van der Waals surface area contributed by atoms with Crippen LogP contribution in [-0.4, -0.2) is 26.3 Å². The fraction of sp³-hybridized carbons (Fsp3) is 0.562. The number of aromatic nitrogens is 4. The van der Waals surface area contributed by atoms with E-state index in [0.717, 1.165) is 49.0 Å². The molecule has 0 spiro atoms. The Morgan fingerprint density at radius 3 is 2.71 bits per heavy atom. The summed E-state index contributed by atoms with van der Waals surface area (Å²) in [4.78, 5) is 8.97. The van der Waals surface area contributed by atoms with E-state index < -0.39 is 0 Å². The molecule has 0 aliphatic heterocycles. The van der Waals surface area contributed by atoms with E-state index in [0.29, 0.717) is 5.92 Å². The van der Waals surface area contributed by atoms with Crippen molar-refractivity contribution in [1.82, 2.24) is 25.1 Å². The maximum Gasteiger partial charge on any atom is 0.151 e. The van der Waals surface area contributed by atoms with Gasteiger partial charge in [-0.15, -0.1) is 0 Å². The summed E-state index contributed by atoms with van der Waals surface area (Å²) >= 11 is 0. The molecule has 2 aromatic heterocycles. The van der Waals surface area contributed by atoms with Crippen molar-refractivity contribution >= 4 is 0 Å². The number of nitrogens with one attached hydrogen (secondary N) is 1. The van der Waals surface area contributed by atoms with Crippen molar-refractivity contribution in [3.63, 3.8) is 0 Å². The van der Waals surface area contributed by atoms with Crippen LogP contribution < -0.4 is 5.32 Å². The van der Waals surface area contributed by atoms with Gasteiger partial charge in [0.15, 0.2) is 5.82 Å². The Bertz CT molecular complexity index is 574. The number of hydrogen-bond acceptors (Lipinski definition) is 4. The first kappa shape index (κ1) is 15.6. The number of rotatable bonds is 7. The van der Waals surface area contributed by atoms with Gasteiger partial charge in [0.1, 0.15) is 5.82 Å². The molecule has 114 valence electrons. The van der Waals surface area contributed by atoms with Gasteiger partial charge in [0.25, 0.3) is 0 Å². The molecule has 21 heavy (non-hydrogen) atoms. The Kier molecular flexibility index (Phi) is 5.44. The Morgan fingerprint density at radius 2 is 2.05 bits per heavy atom. The van der Waals surface area contributed by atoms with Gasteiger partial charge in [-0.05, 0) is 24.6 Å². The van der Waals surface area contributed by atoms with Crippen LogP contribution in [0.15, 0.2) is 18.3 Å². The average Bonchev–Trinajstić information content (AvgIpc) is 2.90. The summed E-state index contributed by atoms with van der Waals surface area (Å²) in [7, 11) is 0. The Balaban J connectivity index is 2.18. The van der Waals surface area contributed by atoms with E-state index in [-0.39, 0.29) is 0 Å². The minimum absolute atomic E-state index is 0.641. The van der Waals surface area contributed by atoms with E-state index in [2.05, 4.69) is 54.1 Å². The second-order valence-electron chi connectivity index (χ2n) is 5.59. The first-order valence-corrected chi connectivity index (χ1v) is 7.74. The minimum Gasteiger partial charge on any atom is -0.311 e. The summed E-state index contributed by atoms with van der Waals surface area (Å²) in [6, 6.07) is 4.07. The molecule has 0 aliphatic rings. The highest BCUT2D eigenvalue weighted by molar-refractivity contribution is 5.32. The molecule has 1 N–H and O–H groups in total. The van der Waals surface area contributed by atoms with Crippen molar-refractivity contribution in [2.24, 2.45) is 5.92 Å². The predicted octanol–water partition coefficient (Wildman–Crippen LogP) is 2.53. The van der Waals surface area contributed by atoms with E-state index in [9.17, 15) is 0 Å². The van der Waals surface area contributed by atoms with Gasteiger partial charge in [-0.1, -0.05) is 27.7 Å². The van der Waals surface area contributed by atoms with Gasteiger partial charge < -0.3 is 5.32 Å². The lowest BCUT2D eigenvalue weighted by atomic mass is 10.2. The molecule has 0 fully saturated rings. The molecular weight excluding hydrogens is 262 g/mol. The van der Waals surface area contributed by atoms with Crippen molar-refractivity contribution in [1.29, 1.82) is 0 Å². The zero-order valence-electron chi connectivity index (χ0n) is 13.4. The van der Waals surface area contributed by atoms with Crippen LogP contribution in [0.5, 0.6) is 0 Å². The van der Waals surface area contributed by atoms with E-state index in [1.807, 2.05) is 16.9 Å². The summed E-state index contributed by atoms with van der Waals surface area (Å²) in [5.41, 5.74) is 2.07. The van der Waals surface area contributed by atoms with Gasteiger partial charge in [0.2, 0.25) is 0 Å². The number of pyridine rings is 1. The molecule has 0 aromatic carbocycles. The summed E-state index contributed by atoms with van der Waals surface area (Å²) in [6.07, 6.45) is 3.57. The molecule has 0 saturated heterocycles. The van der Waals surface area contributed by atoms with Crippen LogP contribution in [0.3, 0.4) is 0 Å². The first-order valence-electron chi connectivity index (χ1n) is 7.74. The normalized spacial score (nSPS) is 11.3. The highest BCUT2D eigenvalue weighted by Gasteiger charge is 2.09. The van der Waals surface area contributed by atoms with Crippen LogP contribution in [0.25, 0.3) is 5.69 Å². The summed E-state index contributed by atoms with van der Waals surface area (Å²) < 4.78 is 1.94. The van der Waals surface area contributed by atoms with Crippen molar-refractivity contribution in [3.05, 3.63) is 35.7 Å². The zero-order valence-corrected chi connectivity index (χ0v) is 13.4. The minimum atomic E-state index is 0.641. The summed E-state index contributed by atoms with van der Waals surface area (Å²) in [6.45, 7) is 10.4. The Labute approximate surface area is 126 Å². The van der Waals surface area contributed by atoms with E-state index in [1.54, 1.807) is 0 Å². The molecule has 0 amide bonds. The SMILES string of the molecule is CCc1nc(CC)n(-c2ccnc(CNCC(C)C)c2)n1. The zero-order chi connectivity index (χ0) is 15.2. The van der Waals surface area contributed by atoms with Gasteiger partial charge in [0, 0.05) is 25.6 Å². The van der Waals surface area contributed by atoms with Crippen LogP contribution in [0.2, 0.25) is 0 Å². The number of hydrogen-bond donors (Lipinski definition) is 1. The fourth-order valence-corrected chi connectivity index (χ4v) is 2.16. The molecule has 5 heteroatoms. The van der Waals surface area contributed by atoms with Crippen molar-refractivity contribution in [2.45, 2.75) is 47.1 Å². The second kappa shape index (κ2) is 7.31. The van der Waals surface area contributed by atoms with Crippen molar-refractivity contribution in [2.75, 3.05) is 6.54 Å². The maximum absolute atomic E-state index is 4.58. The van der Waals surface area contributed by atoms with Gasteiger partial charge in [-0.25, -0.2) is 9.67 Å². The lowest BCUT2D eigenvalue weighted by molar-refractivity contribution is 0.548. The first-order chi connectivity index (χ1) is 10.1. The second-order valence-corrected chi connectivity index (χ2v) is 5.59. The molecule has 5 nitrogen and oxygen atoms in total. The maximum atomic E-state index is 4.58. The molecule has 0 radical (unpaired) electrons. The monoisotopic (exact) mass is 287 g/mol. The topological polar surface area (TPSA) is 55.6 Å². The van der Waals surface area contributed by atoms with Gasteiger partial charge >= 0.3 is 0 Å². The largest absolute Gasteiger partial charge is 0.311 e.